The van der Waals surface area contributed by atoms with Crippen LogP contribution in [0.25, 0.3) is 133 Å². The van der Waals surface area contributed by atoms with Crippen LogP contribution in [0, 0.1) is 0 Å². The minimum Gasteiger partial charge on any atom is -0.246 e. The Morgan fingerprint density at radius 3 is 1.31 bits per heavy atom. The molecule has 0 radical (unpaired) electrons. The van der Waals surface area contributed by atoms with Crippen LogP contribution in [-0.4, -0.2) is 19.9 Å². The Morgan fingerprint density at radius 1 is 0.221 bits per heavy atom. The van der Waals surface area contributed by atoms with Crippen LogP contribution in [0.15, 0.2) is 243 Å². The molecule has 0 fully saturated rings. The van der Waals surface area contributed by atoms with Gasteiger partial charge in [0.05, 0.1) is 11.2 Å². The summed E-state index contributed by atoms with van der Waals surface area (Å²) in [6, 6.07) is 86.0. The molecule has 4 nitrogen and oxygen atoms in total. The van der Waals surface area contributed by atoms with Crippen molar-refractivity contribution in [1.82, 2.24) is 19.9 Å². The molecule has 11 aromatic carbocycles. The Kier molecular flexibility index (Phi) is 9.47. The third kappa shape index (κ3) is 6.86. The van der Waals surface area contributed by atoms with Gasteiger partial charge in [-0.2, -0.15) is 0 Å². The molecule has 0 bridgehead atoms. The fourth-order valence-corrected chi connectivity index (χ4v) is 9.94. The normalized spacial score (nSPS) is 11.5. The largest absolute Gasteiger partial charge is 0.246 e. The van der Waals surface area contributed by atoms with E-state index in [1.807, 2.05) is 60.7 Å². The zero-order valence-corrected chi connectivity index (χ0v) is 36.9. The van der Waals surface area contributed by atoms with Gasteiger partial charge in [-0.05, 0) is 66.2 Å². The number of rotatable bonds is 7. The second-order valence-corrected chi connectivity index (χ2v) is 17.3. The molecule has 0 aliphatic rings. The molecule has 0 aliphatic heterocycles. The fourth-order valence-electron chi connectivity index (χ4n) is 9.94. The number of hydrogen-bond acceptors (Lipinski definition) is 4. The monoisotopic (exact) mass is 864 g/mol. The summed E-state index contributed by atoms with van der Waals surface area (Å²) in [6.45, 7) is 0. The predicted molar refractivity (Wildman–Crippen MR) is 283 cm³/mol. The number of pyridine rings is 1. The van der Waals surface area contributed by atoms with E-state index in [0.717, 1.165) is 66.5 Å². The van der Waals surface area contributed by atoms with Crippen LogP contribution in [0.1, 0.15) is 0 Å². The first-order valence-electron chi connectivity index (χ1n) is 23.0. The lowest BCUT2D eigenvalue weighted by atomic mass is 9.91. The van der Waals surface area contributed by atoms with E-state index >= 15 is 0 Å². The van der Waals surface area contributed by atoms with Crippen molar-refractivity contribution in [3.63, 3.8) is 0 Å². The maximum Gasteiger partial charge on any atom is 0.164 e. The lowest BCUT2D eigenvalue weighted by molar-refractivity contribution is 1.07. The Labute approximate surface area is 393 Å². The van der Waals surface area contributed by atoms with E-state index in [9.17, 15) is 0 Å². The maximum absolute atomic E-state index is 5.60. The standard InChI is InChI=1S/C64H40N4/c1-3-15-47(16-4-1)62-66-63(48-17-5-2-6-18-48)68-64(67-62)49-36-28-42(29-37-49)41-26-30-44(31-27-41)53-24-13-25-56-59-52-21-10-7-14-43(52)38-39-57(59)60(65-61(53)56)46-34-32-45(33-35-46)58-40-50-19-8-9-20-51(50)54-22-11-12-23-55(54)58/h1-40H. The van der Waals surface area contributed by atoms with Crippen LogP contribution in [0.4, 0.5) is 0 Å². The van der Waals surface area contributed by atoms with Crippen molar-refractivity contribution in [2.24, 2.45) is 0 Å². The quantitative estimate of drug-likeness (QED) is 0.150. The van der Waals surface area contributed by atoms with Gasteiger partial charge in [0.25, 0.3) is 0 Å². The summed E-state index contributed by atoms with van der Waals surface area (Å²) in [7, 11) is 0. The van der Waals surface area contributed by atoms with Gasteiger partial charge in [-0.1, -0.05) is 237 Å². The molecule has 0 unspecified atom stereocenters. The van der Waals surface area contributed by atoms with Crippen molar-refractivity contribution in [2.75, 3.05) is 0 Å². The molecule has 0 saturated heterocycles. The number of fused-ring (bicyclic) bond motifs is 8. The molecular formula is C64H40N4. The summed E-state index contributed by atoms with van der Waals surface area (Å²) in [5.74, 6) is 1.93. The third-order valence-electron chi connectivity index (χ3n) is 13.3. The van der Waals surface area contributed by atoms with E-state index < -0.39 is 0 Å². The smallest absolute Gasteiger partial charge is 0.164 e. The van der Waals surface area contributed by atoms with Crippen molar-refractivity contribution in [3.05, 3.63) is 243 Å². The highest BCUT2D eigenvalue weighted by molar-refractivity contribution is 6.24. The van der Waals surface area contributed by atoms with Gasteiger partial charge in [0.2, 0.25) is 0 Å². The molecule has 13 rings (SSSR count). The number of benzene rings is 11. The van der Waals surface area contributed by atoms with Gasteiger partial charge < -0.3 is 0 Å². The average molecular weight is 865 g/mol. The zero-order chi connectivity index (χ0) is 45.0. The first kappa shape index (κ1) is 39.3. The van der Waals surface area contributed by atoms with Crippen LogP contribution >= 0.6 is 0 Å². The highest BCUT2D eigenvalue weighted by atomic mass is 15.0. The summed E-state index contributed by atoms with van der Waals surface area (Å²) in [5.41, 5.74) is 12.7. The van der Waals surface area contributed by atoms with E-state index in [0.29, 0.717) is 17.5 Å². The first-order chi connectivity index (χ1) is 33.7. The van der Waals surface area contributed by atoms with Crippen LogP contribution in [0.2, 0.25) is 0 Å². The van der Waals surface area contributed by atoms with Crippen LogP contribution in [0.3, 0.4) is 0 Å². The minimum absolute atomic E-state index is 0.636. The zero-order valence-electron chi connectivity index (χ0n) is 36.9. The van der Waals surface area contributed by atoms with Gasteiger partial charge >= 0.3 is 0 Å². The number of para-hydroxylation sites is 1. The average Bonchev–Trinajstić information content (AvgIpc) is 3.43. The Morgan fingerprint density at radius 2 is 0.676 bits per heavy atom. The number of hydrogen-bond donors (Lipinski definition) is 0. The lowest BCUT2D eigenvalue weighted by Crippen LogP contribution is -2.00. The number of aromatic nitrogens is 4. The van der Waals surface area contributed by atoms with Crippen molar-refractivity contribution in [3.8, 4) is 78.8 Å². The minimum atomic E-state index is 0.636. The van der Waals surface area contributed by atoms with E-state index in [1.54, 1.807) is 0 Å². The van der Waals surface area contributed by atoms with E-state index in [-0.39, 0.29) is 0 Å². The molecule has 316 valence electrons. The molecular weight excluding hydrogens is 825 g/mol. The van der Waals surface area contributed by atoms with Gasteiger partial charge in [0, 0.05) is 44.0 Å². The molecule has 0 N–H and O–H groups in total. The van der Waals surface area contributed by atoms with Gasteiger partial charge in [-0.15, -0.1) is 0 Å². The molecule has 0 aliphatic carbocycles. The lowest BCUT2D eigenvalue weighted by Gasteiger charge is -2.16. The van der Waals surface area contributed by atoms with E-state index in [2.05, 4.69) is 182 Å². The molecule has 13 aromatic rings. The predicted octanol–water partition coefficient (Wildman–Crippen LogP) is 16.7. The van der Waals surface area contributed by atoms with Crippen LogP contribution in [0.5, 0.6) is 0 Å². The molecule has 68 heavy (non-hydrogen) atoms. The molecule has 2 heterocycles. The topological polar surface area (TPSA) is 51.6 Å². The second-order valence-electron chi connectivity index (χ2n) is 17.3. The molecule has 2 aromatic heterocycles. The van der Waals surface area contributed by atoms with Crippen molar-refractivity contribution >= 4 is 54.0 Å². The molecule has 0 spiro atoms. The summed E-state index contributed by atoms with van der Waals surface area (Å²) in [5, 5.41) is 11.0. The highest BCUT2D eigenvalue weighted by Gasteiger charge is 2.18. The summed E-state index contributed by atoms with van der Waals surface area (Å²) in [6.07, 6.45) is 0. The molecule has 4 heteroatoms. The van der Waals surface area contributed by atoms with E-state index in [1.165, 1.54) is 48.8 Å². The molecule has 0 atom stereocenters. The van der Waals surface area contributed by atoms with Crippen LogP contribution in [-0.2, 0) is 0 Å². The SMILES string of the molecule is c1ccc(-c2nc(-c3ccccc3)nc(-c3ccc(-c4ccc(-c5cccc6c5nc(-c5ccc(-c7cc8ccccc8c8ccccc78)cc5)c5ccc7ccccc7c56)cc4)cc3)n2)cc1. The summed E-state index contributed by atoms with van der Waals surface area (Å²) in [4.78, 5) is 20.4. The van der Waals surface area contributed by atoms with Gasteiger partial charge in [0.1, 0.15) is 0 Å². The Hall–Kier alpha value is -9.12. The number of nitrogens with zero attached hydrogens (tertiary/aromatic N) is 4. The Bertz CT molecular complexity index is 3980. The second kappa shape index (κ2) is 16.4. The summed E-state index contributed by atoms with van der Waals surface area (Å²) >= 11 is 0. The van der Waals surface area contributed by atoms with E-state index in [4.69, 9.17) is 19.9 Å². The van der Waals surface area contributed by atoms with Gasteiger partial charge in [0.15, 0.2) is 17.5 Å². The first-order valence-corrected chi connectivity index (χ1v) is 23.0. The fraction of sp³-hybridized carbons (Fsp3) is 0. The van der Waals surface area contributed by atoms with Crippen molar-refractivity contribution in [2.45, 2.75) is 0 Å². The van der Waals surface area contributed by atoms with Crippen LogP contribution < -0.4 is 0 Å². The molecule has 0 saturated carbocycles. The third-order valence-corrected chi connectivity index (χ3v) is 13.3. The summed E-state index contributed by atoms with van der Waals surface area (Å²) < 4.78 is 0. The van der Waals surface area contributed by atoms with Crippen molar-refractivity contribution in [1.29, 1.82) is 0 Å². The van der Waals surface area contributed by atoms with Gasteiger partial charge in [-0.3, -0.25) is 0 Å². The Balaban J connectivity index is 0.880. The van der Waals surface area contributed by atoms with Gasteiger partial charge in [-0.25, -0.2) is 19.9 Å². The highest BCUT2D eigenvalue weighted by Crippen LogP contribution is 2.42. The maximum atomic E-state index is 5.60. The molecule has 0 amide bonds. The van der Waals surface area contributed by atoms with Crippen molar-refractivity contribution < 1.29 is 0 Å².